The fourth-order valence-corrected chi connectivity index (χ4v) is 5.19. The lowest BCUT2D eigenvalue weighted by Crippen LogP contribution is -2.32. The zero-order valence-electron chi connectivity index (χ0n) is 7.83. The number of rotatable bonds is 2. The molecule has 0 radical (unpaired) electrons. The molecule has 2 fully saturated rings. The van der Waals surface area contributed by atoms with E-state index in [9.17, 15) is 4.57 Å². The molecule has 0 amide bonds. The summed E-state index contributed by atoms with van der Waals surface area (Å²) < 4.78 is 12.2. The highest BCUT2D eigenvalue weighted by Gasteiger charge is 2.34. The van der Waals surface area contributed by atoms with Crippen LogP contribution in [0.3, 0.4) is 0 Å². The van der Waals surface area contributed by atoms with E-state index in [4.69, 9.17) is 0 Å². The summed E-state index contributed by atoms with van der Waals surface area (Å²) in [6.07, 6.45) is 5.74. The molecular formula is C9H18NOP. The Labute approximate surface area is 74.7 Å². The molecule has 0 unspecified atom stereocenters. The normalized spacial score (nSPS) is 30.4. The topological polar surface area (TPSA) is 20.3 Å². The molecule has 0 spiro atoms. The lowest BCUT2D eigenvalue weighted by atomic mass is 10.5. The molecule has 0 N–H and O–H groups in total. The Morgan fingerprint density at radius 1 is 1.33 bits per heavy atom. The van der Waals surface area contributed by atoms with Gasteiger partial charge in [-0.2, -0.15) is 0 Å². The molecule has 0 bridgehead atoms. The van der Waals surface area contributed by atoms with Gasteiger partial charge in [0.15, 0.2) is 0 Å². The molecule has 2 aliphatic rings. The zero-order chi connectivity index (χ0) is 8.60. The van der Waals surface area contributed by atoms with E-state index in [1.54, 1.807) is 0 Å². The van der Waals surface area contributed by atoms with E-state index in [0.29, 0.717) is 0 Å². The van der Waals surface area contributed by atoms with E-state index < -0.39 is 7.14 Å². The maximum Gasteiger partial charge on any atom is 0.0905 e. The molecular weight excluding hydrogens is 169 g/mol. The van der Waals surface area contributed by atoms with Crippen LogP contribution in [0.4, 0.5) is 0 Å². The Hall–Kier alpha value is 0.190. The van der Waals surface area contributed by atoms with E-state index in [1.165, 1.54) is 12.8 Å². The van der Waals surface area contributed by atoms with Crippen LogP contribution in [0.5, 0.6) is 0 Å². The summed E-state index contributed by atoms with van der Waals surface area (Å²) in [5.41, 5.74) is 0. The molecule has 12 heavy (non-hydrogen) atoms. The Kier molecular flexibility index (Phi) is 2.31. The average Bonchev–Trinajstić information content (AvgIpc) is 2.80. The van der Waals surface area contributed by atoms with E-state index in [-0.39, 0.29) is 0 Å². The maximum absolute atomic E-state index is 12.2. The number of hydrogen-bond donors (Lipinski definition) is 0. The largest absolute Gasteiger partial charge is 0.323 e. The van der Waals surface area contributed by atoms with Crippen LogP contribution >= 0.6 is 7.14 Å². The van der Waals surface area contributed by atoms with Crippen LogP contribution in [0.1, 0.15) is 12.8 Å². The summed E-state index contributed by atoms with van der Waals surface area (Å²) in [6, 6.07) is 0. The van der Waals surface area contributed by atoms with Crippen molar-refractivity contribution in [3.63, 3.8) is 0 Å². The van der Waals surface area contributed by atoms with Crippen molar-refractivity contribution in [1.82, 2.24) is 4.90 Å². The predicted octanol–water partition coefficient (Wildman–Crippen LogP) is 1.70. The molecule has 3 heteroatoms. The van der Waals surface area contributed by atoms with Gasteiger partial charge in [0.25, 0.3) is 0 Å². The van der Waals surface area contributed by atoms with Gasteiger partial charge in [-0.25, -0.2) is 0 Å². The minimum Gasteiger partial charge on any atom is -0.323 e. The van der Waals surface area contributed by atoms with Crippen molar-refractivity contribution in [2.24, 2.45) is 5.92 Å². The molecule has 1 aliphatic heterocycles. The Balaban J connectivity index is 1.88. The van der Waals surface area contributed by atoms with Crippen LogP contribution in [-0.2, 0) is 4.57 Å². The molecule has 2 rings (SSSR count). The first-order valence-electron chi connectivity index (χ1n) is 4.94. The lowest BCUT2D eigenvalue weighted by molar-refractivity contribution is 0.359. The van der Waals surface area contributed by atoms with E-state index in [2.05, 4.69) is 11.9 Å². The van der Waals surface area contributed by atoms with Crippen LogP contribution in [0.2, 0.25) is 0 Å². The third kappa shape index (κ3) is 2.11. The van der Waals surface area contributed by atoms with Crippen molar-refractivity contribution < 1.29 is 4.57 Å². The average molecular weight is 187 g/mol. The van der Waals surface area contributed by atoms with Gasteiger partial charge in [-0.05, 0) is 25.8 Å². The fourth-order valence-electron chi connectivity index (χ4n) is 1.88. The number of hydrogen-bond acceptors (Lipinski definition) is 2. The molecule has 1 saturated heterocycles. The van der Waals surface area contributed by atoms with Gasteiger partial charge >= 0.3 is 0 Å². The zero-order valence-corrected chi connectivity index (χ0v) is 8.72. The standard InChI is InChI=1S/C9H18NOP/c1-10-4-6-12(11,7-5-10)8-9-2-3-9/h9H,2-8H2,1H3. The van der Waals surface area contributed by atoms with Gasteiger partial charge in [0.2, 0.25) is 0 Å². The minimum absolute atomic E-state index is 0.847. The minimum atomic E-state index is -1.69. The molecule has 1 heterocycles. The molecule has 1 saturated carbocycles. The fraction of sp³-hybridized carbons (Fsp3) is 1.00. The third-order valence-corrected chi connectivity index (χ3v) is 6.28. The number of nitrogens with zero attached hydrogens (tertiary/aromatic N) is 1. The van der Waals surface area contributed by atoms with Crippen molar-refractivity contribution >= 4 is 7.14 Å². The summed E-state index contributed by atoms with van der Waals surface area (Å²) in [5.74, 6) is 0.847. The van der Waals surface area contributed by atoms with Gasteiger partial charge in [0, 0.05) is 31.6 Å². The van der Waals surface area contributed by atoms with Crippen LogP contribution < -0.4 is 0 Å². The van der Waals surface area contributed by atoms with Gasteiger partial charge in [-0.15, -0.1) is 0 Å². The van der Waals surface area contributed by atoms with Crippen LogP contribution in [0.15, 0.2) is 0 Å². The van der Waals surface area contributed by atoms with Gasteiger partial charge in [-0.1, -0.05) is 0 Å². The van der Waals surface area contributed by atoms with Crippen LogP contribution in [0, 0.1) is 5.92 Å². The molecule has 70 valence electrons. The third-order valence-electron chi connectivity index (χ3n) is 3.07. The first-order valence-corrected chi connectivity index (χ1v) is 7.20. The highest BCUT2D eigenvalue weighted by Crippen LogP contribution is 2.53. The van der Waals surface area contributed by atoms with Crippen molar-refractivity contribution in [2.45, 2.75) is 12.8 Å². The monoisotopic (exact) mass is 187 g/mol. The van der Waals surface area contributed by atoms with Crippen LogP contribution in [-0.4, -0.2) is 43.5 Å². The Morgan fingerprint density at radius 3 is 2.42 bits per heavy atom. The smallest absolute Gasteiger partial charge is 0.0905 e. The second-order valence-electron chi connectivity index (χ2n) is 4.43. The Bertz CT molecular complexity index is 201. The first kappa shape index (κ1) is 8.77. The summed E-state index contributed by atoms with van der Waals surface area (Å²) in [4.78, 5) is 2.29. The summed E-state index contributed by atoms with van der Waals surface area (Å²) in [5, 5.41) is 0. The van der Waals surface area contributed by atoms with Crippen LogP contribution in [0.25, 0.3) is 0 Å². The first-order chi connectivity index (χ1) is 5.68. The maximum atomic E-state index is 12.2. The highest BCUT2D eigenvalue weighted by atomic mass is 31.2. The quantitative estimate of drug-likeness (QED) is 0.613. The molecule has 0 aromatic carbocycles. The molecule has 0 aromatic heterocycles. The van der Waals surface area contributed by atoms with Crippen molar-refractivity contribution in [2.75, 3.05) is 38.6 Å². The summed E-state index contributed by atoms with van der Waals surface area (Å²) >= 11 is 0. The highest BCUT2D eigenvalue weighted by molar-refractivity contribution is 7.64. The van der Waals surface area contributed by atoms with Gasteiger partial charge in [0.05, 0.1) is 7.14 Å². The van der Waals surface area contributed by atoms with Gasteiger partial charge in [0.1, 0.15) is 0 Å². The Morgan fingerprint density at radius 2 is 1.92 bits per heavy atom. The molecule has 1 aliphatic carbocycles. The van der Waals surface area contributed by atoms with E-state index >= 15 is 0 Å². The predicted molar refractivity (Wildman–Crippen MR) is 52.4 cm³/mol. The summed E-state index contributed by atoms with van der Waals surface area (Å²) in [6.45, 7) is 2.12. The van der Waals surface area contributed by atoms with E-state index in [0.717, 1.165) is 37.5 Å². The molecule has 2 nitrogen and oxygen atoms in total. The molecule has 0 atom stereocenters. The second kappa shape index (κ2) is 3.16. The van der Waals surface area contributed by atoms with E-state index in [1.807, 2.05) is 0 Å². The second-order valence-corrected chi connectivity index (χ2v) is 7.81. The lowest BCUT2D eigenvalue weighted by Gasteiger charge is -2.29. The van der Waals surface area contributed by atoms with Crippen molar-refractivity contribution in [3.8, 4) is 0 Å². The van der Waals surface area contributed by atoms with Crippen molar-refractivity contribution in [1.29, 1.82) is 0 Å². The van der Waals surface area contributed by atoms with Crippen molar-refractivity contribution in [3.05, 3.63) is 0 Å². The van der Waals surface area contributed by atoms with Gasteiger partial charge < -0.3 is 9.46 Å². The SMILES string of the molecule is CN1CCP(=O)(CC2CC2)CC1. The summed E-state index contributed by atoms with van der Waals surface area (Å²) in [7, 11) is 0.440. The molecule has 0 aromatic rings. The van der Waals surface area contributed by atoms with Gasteiger partial charge in [-0.3, -0.25) is 0 Å².